The smallest absolute Gasteiger partial charge is 0.239 e. The second kappa shape index (κ2) is 5.57. The lowest BCUT2D eigenvalue weighted by Crippen LogP contribution is -2.54. The van der Waals surface area contributed by atoms with Gasteiger partial charge in [-0.3, -0.25) is 4.79 Å². The first-order chi connectivity index (χ1) is 8.56. The van der Waals surface area contributed by atoms with E-state index >= 15 is 0 Å². The first-order valence-corrected chi connectivity index (χ1v) is 7.21. The summed E-state index contributed by atoms with van der Waals surface area (Å²) < 4.78 is 5.91. The molecule has 0 bridgehead atoms. The SMILES string of the molecule is CCN(C)C(=O)C(C)NC1CCOC2(CCC2)C1. The van der Waals surface area contributed by atoms with Gasteiger partial charge in [-0.15, -0.1) is 0 Å². The van der Waals surface area contributed by atoms with Crippen LogP contribution in [0.4, 0.5) is 0 Å². The Hall–Kier alpha value is -0.610. The van der Waals surface area contributed by atoms with Crippen molar-refractivity contribution in [3.8, 4) is 0 Å². The Morgan fingerprint density at radius 3 is 2.83 bits per heavy atom. The van der Waals surface area contributed by atoms with Crippen molar-refractivity contribution in [2.45, 2.75) is 63.6 Å². The number of likely N-dealkylation sites (N-methyl/N-ethyl adjacent to an activating group) is 1. The van der Waals surface area contributed by atoms with E-state index in [2.05, 4.69) is 5.32 Å². The summed E-state index contributed by atoms with van der Waals surface area (Å²) in [5.41, 5.74) is 0.148. The highest BCUT2D eigenvalue weighted by atomic mass is 16.5. The Morgan fingerprint density at radius 1 is 1.56 bits per heavy atom. The van der Waals surface area contributed by atoms with Gasteiger partial charge in [0, 0.05) is 26.2 Å². The molecule has 1 N–H and O–H groups in total. The minimum absolute atomic E-state index is 0.0878. The van der Waals surface area contributed by atoms with Crippen molar-refractivity contribution in [1.29, 1.82) is 0 Å². The van der Waals surface area contributed by atoms with Gasteiger partial charge in [0.2, 0.25) is 5.91 Å². The predicted octanol–water partition coefficient (Wildman–Crippen LogP) is 1.54. The fraction of sp³-hybridized carbons (Fsp3) is 0.929. The van der Waals surface area contributed by atoms with E-state index in [4.69, 9.17) is 4.74 Å². The van der Waals surface area contributed by atoms with E-state index in [0.717, 1.165) is 26.0 Å². The van der Waals surface area contributed by atoms with Gasteiger partial charge in [0.05, 0.1) is 11.6 Å². The monoisotopic (exact) mass is 254 g/mol. The van der Waals surface area contributed by atoms with E-state index in [1.165, 1.54) is 19.3 Å². The topological polar surface area (TPSA) is 41.6 Å². The Labute approximate surface area is 110 Å². The van der Waals surface area contributed by atoms with Gasteiger partial charge in [-0.2, -0.15) is 0 Å². The fourth-order valence-electron chi connectivity index (χ4n) is 3.00. The summed E-state index contributed by atoms with van der Waals surface area (Å²) in [6.45, 7) is 5.57. The number of hydrogen-bond acceptors (Lipinski definition) is 3. The maximum absolute atomic E-state index is 12.0. The standard InChI is InChI=1S/C14H26N2O2/c1-4-16(3)13(17)11(2)15-12-6-9-18-14(10-12)7-5-8-14/h11-12,15H,4-10H2,1-3H3. The van der Waals surface area contributed by atoms with E-state index in [9.17, 15) is 4.79 Å². The first kappa shape index (κ1) is 13.8. The summed E-state index contributed by atoms with van der Waals surface area (Å²) in [6.07, 6.45) is 5.78. The van der Waals surface area contributed by atoms with Crippen LogP contribution in [0.25, 0.3) is 0 Å². The third-order valence-corrected chi connectivity index (χ3v) is 4.46. The third-order valence-electron chi connectivity index (χ3n) is 4.46. The van der Waals surface area contributed by atoms with Gasteiger partial charge in [0.15, 0.2) is 0 Å². The number of hydrogen-bond donors (Lipinski definition) is 1. The summed E-state index contributed by atoms with van der Waals surface area (Å²) in [7, 11) is 1.86. The van der Waals surface area contributed by atoms with E-state index in [1.54, 1.807) is 4.90 Å². The normalized spacial score (nSPS) is 27.6. The van der Waals surface area contributed by atoms with Gasteiger partial charge in [0.25, 0.3) is 0 Å². The van der Waals surface area contributed by atoms with Crippen LogP contribution >= 0.6 is 0 Å². The van der Waals surface area contributed by atoms with Crippen molar-refractivity contribution in [1.82, 2.24) is 10.2 Å². The van der Waals surface area contributed by atoms with Crippen LogP contribution in [0.2, 0.25) is 0 Å². The second-order valence-electron chi connectivity index (χ2n) is 5.82. The van der Waals surface area contributed by atoms with Crippen LogP contribution in [0, 0.1) is 0 Å². The number of carbonyl (C=O) groups excluding carboxylic acids is 1. The van der Waals surface area contributed by atoms with Crippen molar-refractivity contribution >= 4 is 5.91 Å². The van der Waals surface area contributed by atoms with Crippen LogP contribution in [0.1, 0.15) is 46.0 Å². The van der Waals surface area contributed by atoms with Crippen LogP contribution in [0.15, 0.2) is 0 Å². The highest BCUT2D eigenvalue weighted by Crippen LogP contribution is 2.42. The van der Waals surface area contributed by atoms with Gasteiger partial charge < -0.3 is 15.0 Å². The molecule has 104 valence electrons. The van der Waals surface area contributed by atoms with Crippen LogP contribution < -0.4 is 5.32 Å². The molecule has 0 aromatic rings. The number of rotatable bonds is 4. The molecule has 2 atom stereocenters. The maximum atomic E-state index is 12.0. The molecule has 1 saturated carbocycles. The summed E-state index contributed by atoms with van der Waals surface area (Å²) in [4.78, 5) is 13.8. The molecule has 1 spiro atoms. The third kappa shape index (κ3) is 2.86. The average Bonchev–Trinajstić information content (AvgIpc) is 2.35. The molecule has 2 aliphatic rings. The summed E-state index contributed by atoms with van der Waals surface area (Å²) in [5, 5.41) is 3.49. The number of carbonyl (C=O) groups is 1. The average molecular weight is 254 g/mol. The van der Waals surface area contributed by atoms with Crippen molar-refractivity contribution in [3.05, 3.63) is 0 Å². The molecule has 4 heteroatoms. The van der Waals surface area contributed by atoms with Gasteiger partial charge in [0.1, 0.15) is 0 Å². The van der Waals surface area contributed by atoms with Crippen molar-refractivity contribution in [3.63, 3.8) is 0 Å². The molecule has 1 aliphatic heterocycles. The minimum Gasteiger partial charge on any atom is -0.375 e. The molecule has 1 saturated heterocycles. The zero-order valence-corrected chi connectivity index (χ0v) is 11.9. The Kier molecular flexibility index (Phi) is 4.28. The minimum atomic E-state index is -0.0878. The summed E-state index contributed by atoms with van der Waals surface area (Å²) in [5.74, 6) is 0.187. The van der Waals surface area contributed by atoms with Crippen LogP contribution in [-0.4, -0.2) is 48.7 Å². The molecule has 0 aromatic heterocycles. The van der Waals surface area contributed by atoms with E-state index in [0.29, 0.717) is 6.04 Å². The first-order valence-electron chi connectivity index (χ1n) is 7.21. The lowest BCUT2D eigenvalue weighted by atomic mass is 9.74. The molecule has 2 unspecified atom stereocenters. The molecule has 2 rings (SSSR count). The largest absolute Gasteiger partial charge is 0.375 e. The molecule has 1 heterocycles. The zero-order valence-electron chi connectivity index (χ0n) is 11.9. The number of nitrogens with zero attached hydrogens (tertiary/aromatic N) is 1. The lowest BCUT2D eigenvalue weighted by molar-refractivity contribution is -0.141. The number of ether oxygens (including phenoxy) is 1. The molecular formula is C14H26N2O2. The molecule has 1 aliphatic carbocycles. The van der Waals surface area contributed by atoms with Crippen molar-refractivity contribution < 1.29 is 9.53 Å². The van der Waals surface area contributed by atoms with Gasteiger partial charge in [-0.1, -0.05) is 0 Å². The number of nitrogens with one attached hydrogen (secondary N) is 1. The maximum Gasteiger partial charge on any atom is 0.239 e. The molecule has 4 nitrogen and oxygen atoms in total. The van der Waals surface area contributed by atoms with Crippen LogP contribution in [0.5, 0.6) is 0 Å². The molecule has 0 aromatic carbocycles. The lowest BCUT2D eigenvalue weighted by Gasteiger charge is -2.47. The molecule has 2 fully saturated rings. The van der Waals surface area contributed by atoms with E-state index < -0.39 is 0 Å². The summed E-state index contributed by atoms with van der Waals surface area (Å²) in [6, 6.07) is 0.346. The Balaban J connectivity index is 1.83. The quantitative estimate of drug-likeness (QED) is 0.827. The Morgan fingerprint density at radius 2 is 2.28 bits per heavy atom. The van der Waals surface area contributed by atoms with Crippen molar-refractivity contribution in [2.75, 3.05) is 20.2 Å². The number of amides is 1. The highest BCUT2D eigenvalue weighted by molar-refractivity contribution is 5.81. The van der Waals surface area contributed by atoms with E-state index in [-0.39, 0.29) is 17.6 Å². The zero-order chi connectivity index (χ0) is 13.2. The van der Waals surface area contributed by atoms with E-state index in [1.807, 2.05) is 20.9 Å². The van der Waals surface area contributed by atoms with Gasteiger partial charge in [-0.25, -0.2) is 0 Å². The molecular weight excluding hydrogens is 228 g/mol. The Bertz CT molecular complexity index is 302. The van der Waals surface area contributed by atoms with Crippen LogP contribution in [-0.2, 0) is 9.53 Å². The van der Waals surface area contributed by atoms with Gasteiger partial charge in [-0.05, 0) is 46.0 Å². The van der Waals surface area contributed by atoms with Gasteiger partial charge >= 0.3 is 0 Å². The molecule has 0 radical (unpaired) electrons. The summed E-state index contributed by atoms with van der Waals surface area (Å²) >= 11 is 0. The predicted molar refractivity (Wildman–Crippen MR) is 71.5 cm³/mol. The molecule has 18 heavy (non-hydrogen) atoms. The van der Waals surface area contributed by atoms with Crippen molar-refractivity contribution in [2.24, 2.45) is 0 Å². The second-order valence-corrected chi connectivity index (χ2v) is 5.82. The van der Waals surface area contributed by atoms with Crippen LogP contribution in [0.3, 0.4) is 0 Å². The fourth-order valence-corrected chi connectivity index (χ4v) is 3.00. The highest BCUT2D eigenvalue weighted by Gasteiger charge is 2.42. The molecule has 1 amide bonds.